The van der Waals surface area contributed by atoms with Crippen molar-refractivity contribution in [3.8, 4) is 11.4 Å². The first-order valence-corrected chi connectivity index (χ1v) is 9.94. The highest BCUT2D eigenvalue weighted by atomic mass is 16.5. The van der Waals surface area contributed by atoms with Crippen LogP contribution in [-0.2, 0) is 16.0 Å². The highest BCUT2D eigenvalue weighted by molar-refractivity contribution is 5.93. The predicted octanol–water partition coefficient (Wildman–Crippen LogP) is 4.02. The van der Waals surface area contributed by atoms with Crippen molar-refractivity contribution in [2.75, 3.05) is 18.5 Å². The maximum Gasteiger partial charge on any atom is 0.362 e. The first kappa shape index (κ1) is 21.1. The zero-order chi connectivity index (χ0) is 21.3. The molecular formula is C23H25N3O4. The number of nitrogens with zero attached hydrogens (tertiary/aromatic N) is 2. The normalized spacial score (nSPS) is 10.5. The van der Waals surface area contributed by atoms with Crippen LogP contribution in [0.4, 0.5) is 5.69 Å². The molecule has 0 bridgehead atoms. The van der Waals surface area contributed by atoms with Crippen molar-refractivity contribution in [3.63, 3.8) is 0 Å². The molecule has 3 rings (SSSR count). The molecule has 30 heavy (non-hydrogen) atoms. The second-order valence-electron chi connectivity index (χ2n) is 6.63. The maximum atomic E-state index is 12.3. The van der Waals surface area contributed by atoms with Crippen molar-refractivity contribution in [2.24, 2.45) is 0 Å². The van der Waals surface area contributed by atoms with Gasteiger partial charge in [-0.3, -0.25) is 4.79 Å². The maximum absolute atomic E-state index is 12.3. The van der Waals surface area contributed by atoms with E-state index in [-0.39, 0.29) is 30.6 Å². The van der Waals surface area contributed by atoms with E-state index < -0.39 is 5.97 Å². The van der Waals surface area contributed by atoms with Gasteiger partial charge in [-0.15, -0.1) is 0 Å². The van der Waals surface area contributed by atoms with Gasteiger partial charge in [0.2, 0.25) is 5.69 Å². The van der Waals surface area contributed by atoms with Gasteiger partial charge in [0.05, 0.1) is 18.5 Å². The Morgan fingerprint density at radius 2 is 1.77 bits per heavy atom. The minimum atomic E-state index is -0.603. The Labute approximate surface area is 175 Å². The van der Waals surface area contributed by atoms with Crippen molar-refractivity contribution in [3.05, 3.63) is 72.1 Å². The van der Waals surface area contributed by atoms with Gasteiger partial charge >= 0.3 is 5.97 Å². The van der Waals surface area contributed by atoms with Crippen LogP contribution in [0.5, 0.6) is 5.75 Å². The highest BCUT2D eigenvalue weighted by Crippen LogP contribution is 2.21. The van der Waals surface area contributed by atoms with Gasteiger partial charge in [-0.25, -0.2) is 9.48 Å². The lowest BCUT2D eigenvalue weighted by Gasteiger charge is -2.08. The zero-order valence-electron chi connectivity index (χ0n) is 17.1. The van der Waals surface area contributed by atoms with Gasteiger partial charge in [0.25, 0.3) is 5.91 Å². The summed E-state index contributed by atoms with van der Waals surface area (Å²) < 4.78 is 12.2. The summed E-state index contributed by atoms with van der Waals surface area (Å²) in [6.45, 7) is 3.79. The molecule has 0 saturated heterocycles. The summed E-state index contributed by atoms with van der Waals surface area (Å²) in [5, 5.41) is 7.06. The number of esters is 1. The van der Waals surface area contributed by atoms with E-state index in [1.165, 1.54) is 10.2 Å². The Hall–Kier alpha value is -3.61. The number of benzene rings is 2. The van der Waals surface area contributed by atoms with Crippen molar-refractivity contribution in [2.45, 2.75) is 26.7 Å². The first-order valence-electron chi connectivity index (χ1n) is 9.94. The van der Waals surface area contributed by atoms with Crippen LogP contribution in [0.3, 0.4) is 0 Å². The third-order valence-corrected chi connectivity index (χ3v) is 4.31. The number of carbonyl (C=O) groups is 2. The number of rotatable bonds is 9. The average Bonchev–Trinajstić information content (AvgIpc) is 3.19. The van der Waals surface area contributed by atoms with E-state index in [0.717, 1.165) is 18.5 Å². The van der Waals surface area contributed by atoms with Crippen LogP contribution in [0.1, 0.15) is 36.3 Å². The van der Waals surface area contributed by atoms with E-state index in [1.54, 1.807) is 13.1 Å². The third-order valence-electron chi connectivity index (χ3n) is 4.31. The number of hydrogen-bond donors (Lipinski definition) is 1. The number of ether oxygens (including phenoxy) is 2. The van der Waals surface area contributed by atoms with Crippen LogP contribution in [0.15, 0.2) is 60.8 Å². The Bertz CT molecular complexity index is 981. The second kappa shape index (κ2) is 10.2. The molecule has 1 N–H and O–H groups in total. The molecular weight excluding hydrogens is 382 g/mol. The number of nitrogens with one attached hydrogen (secondary N) is 1. The van der Waals surface area contributed by atoms with E-state index in [2.05, 4.69) is 17.3 Å². The number of aryl methyl sites for hydroxylation is 1. The molecule has 1 aromatic heterocycles. The molecule has 2 aromatic carbocycles. The van der Waals surface area contributed by atoms with Crippen LogP contribution >= 0.6 is 0 Å². The van der Waals surface area contributed by atoms with Gasteiger partial charge in [0.1, 0.15) is 0 Å². The molecule has 0 atom stereocenters. The van der Waals surface area contributed by atoms with Gasteiger partial charge < -0.3 is 14.8 Å². The lowest BCUT2D eigenvalue weighted by Crippen LogP contribution is -2.20. The van der Waals surface area contributed by atoms with E-state index in [0.29, 0.717) is 5.69 Å². The van der Waals surface area contributed by atoms with E-state index in [9.17, 15) is 9.59 Å². The quantitative estimate of drug-likeness (QED) is 0.542. The SMILES string of the molecule is CCCc1ccc(NC(=O)COc2cn(-c3ccccc3)nc2C(=O)OCC)cc1. The van der Waals surface area contributed by atoms with E-state index in [4.69, 9.17) is 9.47 Å². The Morgan fingerprint density at radius 3 is 2.43 bits per heavy atom. The third kappa shape index (κ3) is 5.47. The molecule has 3 aromatic rings. The largest absolute Gasteiger partial charge is 0.480 e. The van der Waals surface area contributed by atoms with E-state index in [1.807, 2.05) is 54.6 Å². The van der Waals surface area contributed by atoms with Crippen LogP contribution in [0.25, 0.3) is 5.69 Å². The Balaban J connectivity index is 1.69. The fourth-order valence-corrected chi connectivity index (χ4v) is 2.90. The Morgan fingerprint density at radius 1 is 1.03 bits per heavy atom. The summed E-state index contributed by atoms with van der Waals surface area (Å²) in [5.74, 6) is -0.750. The summed E-state index contributed by atoms with van der Waals surface area (Å²) in [7, 11) is 0. The fraction of sp³-hybridized carbons (Fsp3) is 0.261. The van der Waals surface area contributed by atoms with Crippen LogP contribution in [-0.4, -0.2) is 34.9 Å². The van der Waals surface area contributed by atoms with Gasteiger partial charge in [0, 0.05) is 5.69 Å². The predicted molar refractivity (Wildman–Crippen MR) is 114 cm³/mol. The van der Waals surface area contributed by atoms with Crippen molar-refractivity contribution in [1.82, 2.24) is 9.78 Å². The number of anilines is 1. The molecule has 7 heteroatoms. The summed E-state index contributed by atoms with van der Waals surface area (Å²) in [4.78, 5) is 24.6. The topological polar surface area (TPSA) is 82.5 Å². The van der Waals surface area contributed by atoms with Crippen LogP contribution < -0.4 is 10.1 Å². The van der Waals surface area contributed by atoms with E-state index >= 15 is 0 Å². The summed E-state index contributed by atoms with van der Waals surface area (Å²) in [6.07, 6.45) is 3.63. The molecule has 1 heterocycles. The van der Waals surface area contributed by atoms with Gasteiger partial charge in [-0.05, 0) is 43.2 Å². The zero-order valence-corrected chi connectivity index (χ0v) is 17.1. The molecule has 1 amide bonds. The van der Waals surface area contributed by atoms with Crippen molar-refractivity contribution >= 4 is 17.6 Å². The van der Waals surface area contributed by atoms with Gasteiger partial charge in [0.15, 0.2) is 12.4 Å². The lowest BCUT2D eigenvalue weighted by atomic mass is 10.1. The minimum Gasteiger partial charge on any atom is -0.480 e. The van der Waals surface area contributed by atoms with Crippen LogP contribution in [0.2, 0.25) is 0 Å². The molecule has 0 unspecified atom stereocenters. The van der Waals surface area contributed by atoms with Crippen molar-refractivity contribution in [1.29, 1.82) is 0 Å². The standard InChI is InChI=1S/C23H25N3O4/c1-3-8-17-11-13-18(14-12-17)24-21(27)16-30-20-15-26(19-9-6-5-7-10-19)25-22(20)23(28)29-4-2/h5-7,9-15H,3-4,8,16H2,1-2H3,(H,24,27). The second-order valence-corrected chi connectivity index (χ2v) is 6.63. The Kier molecular flexibility index (Phi) is 7.21. The molecule has 0 spiro atoms. The van der Waals surface area contributed by atoms with Crippen molar-refractivity contribution < 1.29 is 19.1 Å². The smallest absolute Gasteiger partial charge is 0.362 e. The molecule has 0 fully saturated rings. The number of para-hydroxylation sites is 1. The summed E-state index contributed by atoms with van der Waals surface area (Å²) >= 11 is 0. The lowest BCUT2D eigenvalue weighted by molar-refractivity contribution is -0.118. The molecule has 0 aliphatic carbocycles. The number of aromatic nitrogens is 2. The average molecular weight is 407 g/mol. The number of amides is 1. The molecule has 7 nitrogen and oxygen atoms in total. The summed E-state index contributed by atoms with van der Waals surface area (Å²) in [6, 6.07) is 17.0. The number of hydrogen-bond acceptors (Lipinski definition) is 5. The molecule has 0 aliphatic heterocycles. The first-order chi connectivity index (χ1) is 14.6. The van der Waals surface area contributed by atoms with Gasteiger partial charge in [-0.1, -0.05) is 43.7 Å². The fourth-order valence-electron chi connectivity index (χ4n) is 2.90. The van der Waals surface area contributed by atoms with Gasteiger partial charge in [-0.2, -0.15) is 5.10 Å². The molecule has 0 saturated carbocycles. The molecule has 0 radical (unpaired) electrons. The summed E-state index contributed by atoms with van der Waals surface area (Å²) in [5.41, 5.74) is 2.69. The highest BCUT2D eigenvalue weighted by Gasteiger charge is 2.21. The monoisotopic (exact) mass is 407 g/mol. The molecule has 156 valence electrons. The molecule has 0 aliphatic rings. The number of carbonyl (C=O) groups excluding carboxylic acids is 2. The van der Waals surface area contributed by atoms with Crippen LogP contribution in [0, 0.1) is 0 Å². The minimum absolute atomic E-state index is 0.0254.